The first-order chi connectivity index (χ1) is 10.3. The first-order valence-electron chi connectivity index (χ1n) is 6.75. The molecule has 2 aromatic rings. The van der Waals surface area contributed by atoms with Crippen molar-refractivity contribution in [3.8, 4) is 11.3 Å². The molecule has 22 heavy (non-hydrogen) atoms. The van der Waals surface area contributed by atoms with Gasteiger partial charge in [0.15, 0.2) is 12.1 Å². The van der Waals surface area contributed by atoms with Crippen molar-refractivity contribution < 1.29 is 14.7 Å². The number of hydrogen-bond donors (Lipinski definition) is 1. The Kier molecular flexibility index (Phi) is 4.63. The zero-order chi connectivity index (χ0) is 16.5. The van der Waals surface area contributed by atoms with Crippen molar-refractivity contribution >= 4 is 28.0 Å². The molecule has 6 heteroatoms. The van der Waals surface area contributed by atoms with Crippen LogP contribution in [0.25, 0.3) is 11.3 Å². The Morgan fingerprint density at radius 1 is 1.41 bits per heavy atom. The molecule has 0 radical (unpaired) electrons. The highest BCUT2D eigenvalue weighted by atomic mass is 79.9. The summed E-state index contributed by atoms with van der Waals surface area (Å²) in [6.07, 6.45) is 0.788. The molecule has 1 N–H and O–H groups in total. The van der Waals surface area contributed by atoms with E-state index in [-0.39, 0.29) is 5.78 Å². The van der Waals surface area contributed by atoms with E-state index in [4.69, 9.17) is 5.11 Å². The van der Waals surface area contributed by atoms with E-state index in [1.807, 2.05) is 12.1 Å². The van der Waals surface area contributed by atoms with E-state index in [1.54, 1.807) is 37.7 Å². The van der Waals surface area contributed by atoms with E-state index in [9.17, 15) is 9.59 Å². The first-order valence-corrected chi connectivity index (χ1v) is 7.54. The third kappa shape index (κ3) is 2.89. The maximum atomic E-state index is 11.9. The summed E-state index contributed by atoms with van der Waals surface area (Å²) in [4.78, 5) is 23.2. The molecule has 0 aliphatic carbocycles. The Bertz CT molecular complexity index is 735. The van der Waals surface area contributed by atoms with E-state index < -0.39 is 12.0 Å². The molecule has 0 fully saturated rings. The molecule has 1 aromatic heterocycles. The molecule has 0 amide bonds. The minimum atomic E-state index is -0.887. The third-order valence-electron chi connectivity index (χ3n) is 3.78. The van der Waals surface area contributed by atoms with Crippen LogP contribution in [-0.2, 0) is 17.3 Å². The summed E-state index contributed by atoms with van der Waals surface area (Å²) in [5.41, 5.74) is 1.69. The summed E-state index contributed by atoms with van der Waals surface area (Å²) in [5.74, 6) is -0.302. The van der Waals surface area contributed by atoms with Crippen molar-refractivity contribution in [2.45, 2.75) is 19.3 Å². The molecule has 5 nitrogen and oxygen atoms in total. The number of aryl methyl sites for hydroxylation is 1. The Balaban J connectivity index is 2.56. The van der Waals surface area contributed by atoms with Crippen LogP contribution in [0.4, 0.5) is 0 Å². The molecule has 0 spiro atoms. The van der Waals surface area contributed by atoms with Gasteiger partial charge >= 0.3 is 0 Å². The zero-order valence-corrected chi connectivity index (χ0v) is 14.2. The number of halogens is 1. The second kappa shape index (κ2) is 6.14. The number of rotatable bonds is 5. The van der Waals surface area contributed by atoms with Crippen LogP contribution in [0.15, 0.2) is 28.7 Å². The van der Waals surface area contributed by atoms with Gasteiger partial charge in [0.2, 0.25) is 0 Å². The van der Waals surface area contributed by atoms with Gasteiger partial charge < -0.3 is 5.11 Å². The summed E-state index contributed by atoms with van der Waals surface area (Å²) >= 11 is 3.34. The van der Waals surface area contributed by atoms with Crippen molar-refractivity contribution in [2.24, 2.45) is 7.05 Å². The van der Waals surface area contributed by atoms with E-state index >= 15 is 0 Å². The SMILES string of the molecule is Cn1nc(C(C)(C)C(=O)CO)cc1-c1ccc(Br)cc1C=O. The minimum absolute atomic E-state index is 0.302. The minimum Gasteiger partial charge on any atom is -0.389 e. The maximum Gasteiger partial charge on any atom is 0.169 e. The number of aldehydes is 1. The maximum absolute atomic E-state index is 11.9. The number of carbonyl (C=O) groups excluding carboxylic acids is 2. The Hall–Kier alpha value is -1.79. The van der Waals surface area contributed by atoms with Crippen molar-refractivity contribution in [2.75, 3.05) is 6.61 Å². The fourth-order valence-electron chi connectivity index (χ4n) is 2.23. The third-order valence-corrected chi connectivity index (χ3v) is 4.27. The second-order valence-electron chi connectivity index (χ2n) is 5.59. The molecule has 0 unspecified atom stereocenters. The normalized spacial score (nSPS) is 11.5. The fraction of sp³-hybridized carbons (Fsp3) is 0.312. The van der Waals surface area contributed by atoms with Gasteiger partial charge in [-0.1, -0.05) is 22.0 Å². The Morgan fingerprint density at radius 3 is 2.68 bits per heavy atom. The molecular weight excluding hydrogens is 348 g/mol. The van der Waals surface area contributed by atoms with Gasteiger partial charge in [0.25, 0.3) is 0 Å². The molecule has 2 rings (SSSR count). The largest absolute Gasteiger partial charge is 0.389 e. The van der Waals surface area contributed by atoms with E-state index in [2.05, 4.69) is 21.0 Å². The number of hydrogen-bond acceptors (Lipinski definition) is 4. The Morgan fingerprint density at radius 2 is 2.09 bits per heavy atom. The quantitative estimate of drug-likeness (QED) is 0.827. The predicted molar refractivity (Wildman–Crippen MR) is 86.9 cm³/mol. The number of aliphatic hydroxyl groups excluding tert-OH is 1. The lowest BCUT2D eigenvalue weighted by molar-refractivity contribution is -0.126. The molecule has 0 saturated heterocycles. The van der Waals surface area contributed by atoms with Gasteiger partial charge in [-0.15, -0.1) is 0 Å². The summed E-state index contributed by atoms with van der Waals surface area (Å²) in [7, 11) is 1.76. The predicted octanol–water partition coefficient (Wildman–Crippen LogP) is 2.50. The number of aliphatic hydroxyl groups is 1. The van der Waals surface area contributed by atoms with Gasteiger partial charge in [-0.25, -0.2) is 0 Å². The average molecular weight is 365 g/mol. The van der Waals surface area contributed by atoms with Gasteiger partial charge in [0.05, 0.1) is 16.8 Å². The summed E-state index contributed by atoms with van der Waals surface area (Å²) < 4.78 is 2.45. The van der Waals surface area contributed by atoms with Crippen molar-refractivity contribution in [1.29, 1.82) is 0 Å². The lowest BCUT2D eigenvalue weighted by atomic mass is 9.84. The highest BCUT2D eigenvalue weighted by Gasteiger charge is 2.32. The van der Waals surface area contributed by atoms with Crippen molar-refractivity contribution in [1.82, 2.24) is 9.78 Å². The fourth-order valence-corrected chi connectivity index (χ4v) is 2.61. The highest BCUT2D eigenvalue weighted by molar-refractivity contribution is 9.10. The van der Waals surface area contributed by atoms with Crippen LogP contribution in [0.3, 0.4) is 0 Å². The summed E-state index contributed by atoms with van der Waals surface area (Å²) in [6.45, 7) is 2.91. The molecule has 1 heterocycles. The van der Waals surface area contributed by atoms with Gasteiger partial charge in [0, 0.05) is 22.6 Å². The summed E-state index contributed by atoms with van der Waals surface area (Å²) in [6, 6.07) is 7.19. The number of ketones is 1. The number of benzene rings is 1. The molecule has 0 atom stereocenters. The monoisotopic (exact) mass is 364 g/mol. The van der Waals surface area contributed by atoms with Gasteiger partial charge in [0.1, 0.15) is 6.61 Å². The van der Waals surface area contributed by atoms with Crippen LogP contribution >= 0.6 is 15.9 Å². The van der Waals surface area contributed by atoms with Gasteiger partial charge in [-0.05, 0) is 32.0 Å². The molecule has 0 bridgehead atoms. The highest BCUT2D eigenvalue weighted by Crippen LogP contribution is 2.30. The van der Waals surface area contributed by atoms with Crippen LogP contribution in [-0.4, -0.2) is 33.6 Å². The first kappa shape index (κ1) is 16.6. The van der Waals surface area contributed by atoms with E-state index in [0.717, 1.165) is 22.0 Å². The van der Waals surface area contributed by atoms with Crippen LogP contribution in [0.1, 0.15) is 29.9 Å². The smallest absolute Gasteiger partial charge is 0.169 e. The topological polar surface area (TPSA) is 72.2 Å². The zero-order valence-electron chi connectivity index (χ0n) is 12.6. The van der Waals surface area contributed by atoms with Crippen LogP contribution in [0.2, 0.25) is 0 Å². The van der Waals surface area contributed by atoms with Gasteiger partial charge in [-0.3, -0.25) is 14.3 Å². The number of aromatic nitrogens is 2. The number of Topliss-reactive ketones (excluding diaryl/α,β-unsaturated/α-hetero) is 1. The van der Waals surface area contributed by atoms with Crippen molar-refractivity contribution in [3.05, 3.63) is 40.0 Å². The van der Waals surface area contributed by atoms with Crippen LogP contribution in [0.5, 0.6) is 0 Å². The standard InChI is InChI=1S/C16H17BrN2O3/c1-16(2,15(22)9-21)14-7-13(19(3)18-14)12-5-4-11(17)6-10(12)8-20/h4-8,21H,9H2,1-3H3. The lowest BCUT2D eigenvalue weighted by Gasteiger charge is -2.18. The average Bonchev–Trinajstić information content (AvgIpc) is 2.88. The second-order valence-corrected chi connectivity index (χ2v) is 6.51. The molecule has 0 saturated carbocycles. The summed E-state index contributed by atoms with van der Waals surface area (Å²) in [5, 5.41) is 13.5. The molecular formula is C16H17BrN2O3. The number of nitrogens with zero attached hydrogens (tertiary/aromatic N) is 2. The molecule has 1 aromatic carbocycles. The van der Waals surface area contributed by atoms with Gasteiger partial charge in [-0.2, -0.15) is 5.10 Å². The molecule has 0 aliphatic rings. The molecule has 0 aliphatic heterocycles. The lowest BCUT2D eigenvalue weighted by Crippen LogP contribution is -2.32. The van der Waals surface area contributed by atoms with Crippen LogP contribution in [0, 0.1) is 0 Å². The molecule has 116 valence electrons. The van der Waals surface area contributed by atoms with E-state index in [0.29, 0.717) is 11.3 Å². The Labute approximate surface area is 137 Å². The number of carbonyl (C=O) groups is 2. The van der Waals surface area contributed by atoms with E-state index in [1.165, 1.54) is 0 Å². The van der Waals surface area contributed by atoms with Crippen LogP contribution < -0.4 is 0 Å². The van der Waals surface area contributed by atoms with Crippen molar-refractivity contribution in [3.63, 3.8) is 0 Å².